The monoisotopic (exact) mass is 349 g/mol. The van der Waals surface area contributed by atoms with Crippen molar-refractivity contribution in [1.29, 1.82) is 0 Å². The van der Waals surface area contributed by atoms with Crippen molar-refractivity contribution < 1.29 is 29.1 Å². The summed E-state index contributed by atoms with van der Waals surface area (Å²) in [5.74, 6) is 2.38. The zero-order valence-electron chi connectivity index (χ0n) is 14.1. The first-order valence-electron chi connectivity index (χ1n) is 7.98. The Morgan fingerprint density at radius 3 is 2.68 bits per heavy atom. The molecule has 0 saturated carbocycles. The van der Waals surface area contributed by atoms with Crippen molar-refractivity contribution in [3.8, 4) is 0 Å². The molecule has 5 atom stereocenters. The minimum Gasteiger partial charge on any atom is -0.492 e. The molecule has 1 unspecified atom stereocenters. The standard InChI is InChI=1S/C16H19N3O6/c1-6-12(21)11-10(13(22)14(6)24-3)7(4-9(20)25-17)16(23)15-8(18(15)2)5-19(11)16/h7-8,15,23H,4-5,17H2,1-3H3/t7-,8-,15-,16+,18?/m0/s1. The highest BCUT2D eigenvalue weighted by atomic mass is 16.7. The van der Waals surface area contributed by atoms with Crippen molar-refractivity contribution >= 4 is 17.5 Å². The van der Waals surface area contributed by atoms with Gasteiger partial charge in [-0.1, -0.05) is 0 Å². The fraction of sp³-hybridized carbons (Fsp3) is 0.562. The van der Waals surface area contributed by atoms with Gasteiger partial charge in [-0.05, 0) is 14.0 Å². The minimum absolute atomic E-state index is 0.0552. The molecule has 3 aliphatic heterocycles. The van der Waals surface area contributed by atoms with E-state index in [9.17, 15) is 19.5 Å². The molecule has 0 spiro atoms. The Labute approximate surface area is 143 Å². The van der Waals surface area contributed by atoms with Gasteiger partial charge in [-0.2, -0.15) is 5.90 Å². The summed E-state index contributed by atoms with van der Waals surface area (Å²) >= 11 is 0. The number of hydrogen-bond acceptors (Lipinski definition) is 9. The molecule has 134 valence electrons. The predicted molar refractivity (Wildman–Crippen MR) is 82.1 cm³/mol. The molecule has 0 aromatic heterocycles. The van der Waals surface area contributed by atoms with Crippen LogP contribution in [0.2, 0.25) is 0 Å². The van der Waals surface area contributed by atoms with Gasteiger partial charge in [0.1, 0.15) is 0 Å². The lowest BCUT2D eigenvalue weighted by Crippen LogP contribution is -2.53. The fourth-order valence-electron chi connectivity index (χ4n) is 4.69. The quantitative estimate of drug-likeness (QED) is 0.354. The summed E-state index contributed by atoms with van der Waals surface area (Å²) in [6.45, 7) is 1.94. The highest BCUT2D eigenvalue weighted by molar-refractivity contribution is 6.25. The van der Waals surface area contributed by atoms with E-state index in [1.165, 1.54) is 14.0 Å². The maximum absolute atomic E-state index is 12.9. The average molecular weight is 349 g/mol. The first-order chi connectivity index (χ1) is 11.8. The van der Waals surface area contributed by atoms with Crippen molar-refractivity contribution in [3.63, 3.8) is 0 Å². The number of carbonyl (C=O) groups is 3. The molecule has 9 nitrogen and oxygen atoms in total. The molecule has 0 radical (unpaired) electrons. The summed E-state index contributed by atoms with van der Waals surface area (Å²) in [7, 11) is 3.17. The first-order valence-corrected chi connectivity index (χ1v) is 7.98. The topological polar surface area (TPSA) is 122 Å². The third kappa shape index (κ3) is 1.75. The summed E-state index contributed by atoms with van der Waals surface area (Å²) in [4.78, 5) is 45.4. The number of carbonyl (C=O) groups excluding carboxylic acids is 3. The number of likely N-dealkylation sites (N-methyl/N-ethyl adjacent to an activating group) is 1. The van der Waals surface area contributed by atoms with E-state index in [2.05, 4.69) is 4.84 Å². The molecule has 25 heavy (non-hydrogen) atoms. The average Bonchev–Trinajstić information content (AvgIpc) is 3.00. The van der Waals surface area contributed by atoms with Crippen molar-refractivity contribution in [3.05, 3.63) is 22.6 Å². The van der Waals surface area contributed by atoms with E-state index in [1.807, 2.05) is 11.9 Å². The number of aliphatic hydroxyl groups is 1. The van der Waals surface area contributed by atoms with Crippen LogP contribution < -0.4 is 5.90 Å². The van der Waals surface area contributed by atoms with Crippen LogP contribution in [-0.4, -0.2) is 71.0 Å². The molecular weight excluding hydrogens is 330 g/mol. The molecule has 0 bridgehead atoms. The second-order valence-electron chi connectivity index (χ2n) is 6.90. The number of nitrogens with two attached hydrogens (primary N) is 1. The SMILES string of the molecule is COC1=C(C)C(=O)C2=C(C1=O)[C@H](CC(=O)ON)[C@@]1(O)[C@@H]3[C@H](CN21)N3C. The number of fused-ring (bicyclic) bond motifs is 4. The van der Waals surface area contributed by atoms with E-state index < -0.39 is 23.4 Å². The molecule has 2 saturated heterocycles. The van der Waals surface area contributed by atoms with Gasteiger partial charge in [0, 0.05) is 23.7 Å². The van der Waals surface area contributed by atoms with Crippen molar-refractivity contribution in [1.82, 2.24) is 9.80 Å². The second-order valence-corrected chi connectivity index (χ2v) is 6.90. The lowest BCUT2D eigenvalue weighted by Gasteiger charge is -2.37. The Morgan fingerprint density at radius 1 is 1.40 bits per heavy atom. The highest BCUT2D eigenvalue weighted by Crippen LogP contribution is 2.58. The van der Waals surface area contributed by atoms with Gasteiger partial charge in [-0.3, -0.25) is 19.3 Å². The summed E-state index contributed by atoms with van der Waals surface area (Å²) < 4.78 is 5.11. The Hall–Kier alpha value is -2.23. The Balaban J connectivity index is 1.85. The van der Waals surface area contributed by atoms with Crippen molar-refractivity contribution in [2.75, 3.05) is 20.7 Å². The van der Waals surface area contributed by atoms with Crippen molar-refractivity contribution in [2.24, 2.45) is 11.8 Å². The van der Waals surface area contributed by atoms with Crippen LogP contribution in [0.3, 0.4) is 0 Å². The molecule has 9 heteroatoms. The number of hydrogen-bond donors (Lipinski definition) is 2. The van der Waals surface area contributed by atoms with Crippen LogP contribution >= 0.6 is 0 Å². The highest BCUT2D eigenvalue weighted by Gasteiger charge is 2.74. The Morgan fingerprint density at radius 2 is 2.08 bits per heavy atom. The van der Waals surface area contributed by atoms with Crippen LogP contribution in [0.1, 0.15) is 13.3 Å². The normalized spacial score (nSPS) is 38.7. The molecule has 2 fully saturated rings. The molecule has 3 heterocycles. The molecule has 0 amide bonds. The lowest BCUT2D eigenvalue weighted by atomic mass is 9.81. The number of ether oxygens (including phenoxy) is 1. The molecule has 4 rings (SSSR count). The molecular formula is C16H19N3O6. The fourth-order valence-corrected chi connectivity index (χ4v) is 4.69. The largest absolute Gasteiger partial charge is 0.492 e. The maximum atomic E-state index is 12.9. The van der Waals surface area contributed by atoms with Crippen LogP contribution in [0.25, 0.3) is 0 Å². The van der Waals surface area contributed by atoms with Gasteiger partial charge < -0.3 is 19.6 Å². The number of piperazine rings is 1. The number of allylic oxidation sites excluding steroid dienone is 2. The molecule has 0 aromatic rings. The Bertz CT molecular complexity index is 787. The minimum atomic E-state index is -1.52. The van der Waals surface area contributed by atoms with Gasteiger partial charge in [0.15, 0.2) is 11.5 Å². The third-order valence-corrected chi connectivity index (χ3v) is 5.91. The van der Waals surface area contributed by atoms with Gasteiger partial charge in [0.25, 0.3) is 0 Å². The van der Waals surface area contributed by atoms with Gasteiger partial charge in [0.05, 0.1) is 31.2 Å². The van der Waals surface area contributed by atoms with Gasteiger partial charge in [-0.25, -0.2) is 0 Å². The number of Topliss-reactive ketones (excluding diaryl/α,β-unsaturated/α-hetero) is 2. The van der Waals surface area contributed by atoms with E-state index >= 15 is 0 Å². The summed E-state index contributed by atoms with van der Waals surface area (Å²) in [5.41, 5.74) is -1.04. The predicted octanol–water partition coefficient (Wildman–Crippen LogP) is -1.56. The maximum Gasteiger partial charge on any atom is 0.325 e. The molecule has 0 aromatic carbocycles. The van der Waals surface area contributed by atoms with Crippen LogP contribution in [0, 0.1) is 5.92 Å². The zero-order chi connectivity index (χ0) is 18.3. The number of rotatable bonds is 3. The number of methoxy groups -OCH3 is 1. The summed E-state index contributed by atoms with van der Waals surface area (Å²) in [5, 5.41) is 11.5. The number of nitrogens with zero attached hydrogens (tertiary/aromatic N) is 2. The van der Waals surface area contributed by atoms with E-state index in [0.29, 0.717) is 6.54 Å². The zero-order valence-corrected chi connectivity index (χ0v) is 14.1. The van der Waals surface area contributed by atoms with Crippen molar-refractivity contribution in [2.45, 2.75) is 31.2 Å². The van der Waals surface area contributed by atoms with Crippen LogP contribution in [-0.2, 0) is 24.0 Å². The first kappa shape index (κ1) is 16.2. The summed E-state index contributed by atoms with van der Waals surface area (Å²) in [6.07, 6.45) is -0.297. The van der Waals surface area contributed by atoms with Crippen LogP contribution in [0.4, 0.5) is 0 Å². The smallest absolute Gasteiger partial charge is 0.325 e. The lowest BCUT2D eigenvalue weighted by molar-refractivity contribution is -0.152. The third-order valence-electron chi connectivity index (χ3n) is 5.91. The Kier molecular flexibility index (Phi) is 3.19. The van der Waals surface area contributed by atoms with E-state index in [0.717, 1.165) is 0 Å². The molecule has 3 N–H and O–H groups in total. The van der Waals surface area contributed by atoms with Gasteiger partial charge >= 0.3 is 5.97 Å². The van der Waals surface area contributed by atoms with E-state index in [1.54, 1.807) is 4.90 Å². The second kappa shape index (κ2) is 4.90. The molecule has 1 aliphatic carbocycles. The number of ketones is 2. The molecule has 4 aliphatic rings. The van der Waals surface area contributed by atoms with E-state index in [4.69, 9.17) is 10.6 Å². The summed E-state index contributed by atoms with van der Waals surface area (Å²) in [6, 6.07) is -0.188. The van der Waals surface area contributed by atoms with Gasteiger partial charge in [0.2, 0.25) is 11.6 Å². The van der Waals surface area contributed by atoms with Crippen LogP contribution in [0.15, 0.2) is 22.6 Å². The van der Waals surface area contributed by atoms with Crippen LogP contribution in [0.5, 0.6) is 0 Å². The van der Waals surface area contributed by atoms with Gasteiger partial charge in [-0.15, -0.1) is 0 Å². The van der Waals surface area contributed by atoms with E-state index in [-0.39, 0.29) is 46.9 Å².